The van der Waals surface area contributed by atoms with E-state index in [-0.39, 0.29) is 39.4 Å². The van der Waals surface area contributed by atoms with Crippen molar-refractivity contribution in [3.63, 3.8) is 0 Å². The first kappa shape index (κ1) is 20.6. The van der Waals surface area contributed by atoms with Crippen LogP contribution in [0.5, 0.6) is 0 Å². The summed E-state index contributed by atoms with van der Waals surface area (Å²) in [5.41, 5.74) is -0.000709. The number of carbonyl (C=O) groups excluding carboxylic acids is 1. The molecule has 1 fully saturated rings. The second-order valence-electron chi connectivity index (χ2n) is 7.13. The van der Waals surface area contributed by atoms with Crippen LogP contribution in [0.3, 0.4) is 0 Å². The van der Waals surface area contributed by atoms with Gasteiger partial charge in [0.25, 0.3) is 11.6 Å². The number of nitrogens with zero attached hydrogens (tertiary/aromatic N) is 2. The minimum absolute atomic E-state index is 0.0527. The van der Waals surface area contributed by atoms with Crippen LogP contribution in [0.4, 0.5) is 5.69 Å². The van der Waals surface area contributed by atoms with Crippen molar-refractivity contribution in [2.45, 2.75) is 38.6 Å². The van der Waals surface area contributed by atoms with E-state index in [1.807, 2.05) is 6.07 Å². The first-order chi connectivity index (χ1) is 13.9. The number of carbonyl (C=O) groups is 1. The van der Waals surface area contributed by atoms with E-state index in [1.54, 1.807) is 12.1 Å². The number of nitro benzene ring substituents is 1. The lowest BCUT2D eigenvalue weighted by Crippen LogP contribution is -2.41. The third-order valence-electron chi connectivity index (χ3n) is 5.13. The van der Waals surface area contributed by atoms with E-state index in [0.717, 1.165) is 25.7 Å². The Morgan fingerprint density at radius 3 is 2.79 bits per heavy atom. The fourth-order valence-corrected chi connectivity index (χ4v) is 3.67. The molecule has 150 valence electrons. The SMILES string of the molecule is CC1CCCCC1NC(=O)/C(C#N)=C/c1ccc(-c2ccc(Cl)cc2[N+](=O)[O-])o1. The molecule has 0 spiro atoms. The summed E-state index contributed by atoms with van der Waals surface area (Å²) < 4.78 is 5.64. The molecule has 1 aliphatic rings. The van der Waals surface area contributed by atoms with Gasteiger partial charge in [-0.05, 0) is 43.0 Å². The molecule has 1 heterocycles. The van der Waals surface area contributed by atoms with Crippen molar-refractivity contribution in [2.75, 3.05) is 0 Å². The maximum absolute atomic E-state index is 12.5. The number of halogens is 1. The van der Waals surface area contributed by atoms with Crippen molar-refractivity contribution >= 4 is 29.3 Å². The van der Waals surface area contributed by atoms with Crippen LogP contribution in [-0.4, -0.2) is 16.9 Å². The van der Waals surface area contributed by atoms with E-state index in [0.29, 0.717) is 5.92 Å². The van der Waals surface area contributed by atoms with Crippen molar-refractivity contribution in [1.82, 2.24) is 5.32 Å². The number of rotatable bonds is 5. The van der Waals surface area contributed by atoms with Crippen LogP contribution < -0.4 is 5.32 Å². The van der Waals surface area contributed by atoms with E-state index >= 15 is 0 Å². The lowest BCUT2D eigenvalue weighted by atomic mass is 9.86. The Morgan fingerprint density at radius 1 is 1.34 bits per heavy atom. The summed E-state index contributed by atoms with van der Waals surface area (Å²) in [6.45, 7) is 2.09. The molecular formula is C21H20ClN3O4. The molecule has 2 unspecified atom stereocenters. The lowest BCUT2D eigenvalue weighted by molar-refractivity contribution is -0.384. The van der Waals surface area contributed by atoms with Crippen molar-refractivity contribution in [3.8, 4) is 17.4 Å². The summed E-state index contributed by atoms with van der Waals surface area (Å²) in [5, 5.41) is 23.9. The highest BCUT2D eigenvalue weighted by atomic mass is 35.5. The van der Waals surface area contributed by atoms with Crippen LogP contribution >= 0.6 is 11.6 Å². The molecule has 1 N–H and O–H groups in total. The highest BCUT2D eigenvalue weighted by molar-refractivity contribution is 6.30. The molecule has 1 aliphatic carbocycles. The van der Waals surface area contributed by atoms with E-state index in [2.05, 4.69) is 12.2 Å². The second kappa shape index (κ2) is 8.93. The van der Waals surface area contributed by atoms with Gasteiger partial charge in [0.05, 0.1) is 10.5 Å². The van der Waals surface area contributed by atoms with Gasteiger partial charge in [-0.15, -0.1) is 0 Å². The Bertz CT molecular complexity index is 1010. The number of hydrogen-bond acceptors (Lipinski definition) is 5. The van der Waals surface area contributed by atoms with Gasteiger partial charge >= 0.3 is 0 Å². The largest absolute Gasteiger partial charge is 0.456 e. The predicted molar refractivity (Wildman–Crippen MR) is 109 cm³/mol. The monoisotopic (exact) mass is 413 g/mol. The lowest BCUT2D eigenvalue weighted by Gasteiger charge is -2.29. The summed E-state index contributed by atoms with van der Waals surface area (Å²) in [4.78, 5) is 23.2. The van der Waals surface area contributed by atoms with Crippen LogP contribution in [0, 0.1) is 27.4 Å². The zero-order valence-corrected chi connectivity index (χ0v) is 16.6. The Hall–Kier alpha value is -3.11. The third-order valence-corrected chi connectivity index (χ3v) is 5.36. The van der Waals surface area contributed by atoms with Gasteiger partial charge in [0.15, 0.2) is 0 Å². The molecule has 2 atom stereocenters. The maximum Gasteiger partial charge on any atom is 0.281 e. The molecule has 3 rings (SSSR count). The van der Waals surface area contributed by atoms with E-state index < -0.39 is 10.8 Å². The number of amides is 1. The fraction of sp³-hybridized carbons (Fsp3) is 0.333. The summed E-state index contributed by atoms with van der Waals surface area (Å²) in [7, 11) is 0. The van der Waals surface area contributed by atoms with Crippen molar-refractivity contribution in [1.29, 1.82) is 5.26 Å². The molecule has 1 aromatic heterocycles. The average molecular weight is 414 g/mol. The number of nitriles is 1. The highest BCUT2D eigenvalue weighted by Crippen LogP contribution is 2.33. The van der Waals surface area contributed by atoms with Gasteiger partial charge in [-0.1, -0.05) is 31.4 Å². The number of furan rings is 1. The number of nitro groups is 1. The number of benzene rings is 1. The minimum atomic E-state index is -0.543. The van der Waals surface area contributed by atoms with Gasteiger partial charge in [0, 0.05) is 23.2 Å². The van der Waals surface area contributed by atoms with Crippen molar-refractivity contribution in [3.05, 3.63) is 56.8 Å². The summed E-state index contributed by atoms with van der Waals surface area (Å²) in [6.07, 6.45) is 5.51. The van der Waals surface area contributed by atoms with Crippen LogP contribution in [0.25, 0.3) is 17.4 Å². The van der Waals surface area contributed by atoms with Gasteiger partial charge in [-0.2, -0.15) is 5.26 Å². The van der Waals surface area contributed by atoms with E-state index in [9.17, 15) is 20.2 Å². The molecule has 0 saturated heterocycles. The standard InChI is InChI=1S/C21H20ClN3O4/c1-13-4-2-3-5-18(13)24-21(26)14(12-23)10-16-7-9-20(29-16)17-8-6-15(22)11-19(17)25(27)28/h6-11,13,18H,2-5H2,1H3,(H,24,26)/b14-10+. The van der Waals surface area contributed by atoms with Crippen molar-refractivity contribution in [2.24, 2.45) is 5.92 Å². The molecule has 2 aromatic rings. The van der Waals surface area contributed by atoms with Gasteiger partial charge in [-0.3, -0.25) is 14.9 Å². The first-order valence-electron chi connectivity index (χ1n) is 9.36. The van der Waals surface area contributed by atoms with Gasteiger partial charge < -0.3 is 9.73 Å². The third kappa shape index (κ3) is 4.84. The average Bonchev–Trinajstić information content (AvgIpc) is 3.16. The van der Waals surface area contributed by atoms with Gasteiger partial charge in [0.2, 0.25) is 0 Å². The first-order valence-corrected chi connectivity index (χ1v) is 9.73. The van der Waals surface area contributed by atoms with E-state index in [4.69, 9.17) is 16.0 Å². The quantitative estimate of drug-likeness (QED) is 0.317. The number of hydrogen-bond donors (Lipinski definition) is 1. The smallest absolute Gasteiger partial charge is 0.281 e. The van der Waals surface area contributed by atoms with Gasteiger partial charge in [-0.25, -0.2) is 0 Å². The molecule has 1 saturated carbocycles. The van der Waals surface area contributed by atoms with E-state index in [1.165, 1.54) is 24.3 Å². The highest BCUT2D eigenvalue weighted by Gasteiger charge is 2.24. The summed E-state index contributed by atoms with van der Waals surface area (Å²) in [5.74, 6) is 0.431. The zero-order valence-electron chi connectivity index (χ0n) is 15.9. The van der Waals surface area contributed by atoms with Gasteiger partial charge in [0.1, 0.15) is 23.2 Å². The Balaban J connectivity index is 1.82. The topological polar surface area (TPSA) is 109 Å². The minimum Gasteiger partial charge on any atom is -0.456 e. The maximum atomic E-state index is 12.5. The molecule has 0 bridgehead atoms. The predicted octanol–water partition coefficient (Wildman–Crippen LogP) is 5.11. The zero-order chi connectivity index (χ0) is 21.0. The summed E-state index contributed by atoms with van der Waals surface area (Å²) in [6, 6.07) is 9.34. The Labute approximate surface area is 173 Å². The van der Waals surface area contributed by atoms with Crippen LogP contribution in [-0.2, 0) is 4.79 Å². The Kier molecular flexibility index (Phi) is 6.35. The molecule has 1 amide bonds. The molecular weight excluding hydrogens is 394 g/mol. The fourth-order valence-electron chi connectivity index (χ4n) is 3.51. The van der Waals surface area contributed by atoms with Crippen molar-refractivity contribution < 1.29 is 14.1 Å². The molecule has 8 heteroatoms. The van der Waals surface area contributed by atoms with Crippen LogP contribution in [0.15, 0.2) is 40.3 Å². The van der Waals surface area contributed by atoms with Crippen LogP contribution in [0.1, 0.15) is 38.4 Å². The Morgan fingerprint density at radius 2 is 2.10 bits per heavy atom. The molecule has 1 aromatic carbocycles. The number of nitrogens with one attached hydrogen (secondary N) is 1. The summed E-state index contributed by atoms with van der Waals surface area (Å²) >= 11 is 5.84. The molecule has 29 heavy (non-hydrogen) atoms. The molecule has 0 radical (unpaired) electrons. The molecule has 0 aliphatic heterocycles. The second-order valence-corrected chi connectivity index (χ2v) is 7.57. The normalized spacial score (nSPS) is 19.4. The van der Waals surface area contributed by atoms with Crippen LogP contribution in [0.2, 0.25) is 5.02 Å². The molecule has 7 nitrogen and oxygen atoms in total.